The molecule has 5 heteroatoms. The van der Waals surface area contributed by atoms with Crippen LogP contribution < -0.4 is 10.2 Å². The van der Waals surface area contributed by atoms with Crippen molar-refractivity contribution in [2.45, 2.75) is 57.2 Å². The van der Waals surface area contributed by atoms with Crippen LogP contribution in [0, 0.1) is 5.92 Å². The van der Waals surface area contributed by atoms with Crippen LogP contribution in [0.15, 0.2) is 48.1 Å². The summed E-state index contributed by atoms with van der Waals surface area (Å²) in [4.78, 5) is 15.6. The maximum Gasteiger partial charge on any atom is 0.252 e. The first-order valence-electron chi connectivity index (χ1n) is 12.3. The first kappa shape index (κ1) is 20.9. The fraction of sp³-hybridized carbons (Fsp3) is 0.464. The summed E-state index contributed by atoms with van der Waals surface area (Å²) in [6, 6.07) is 0.217. The van der Waals surface area contributed by atoms with Crippen molar-refractivity contribution in [3.8, 4) is 0 Å². The number of hydrogen-bond acceptors (Lipinski definition) is 4. The smallest absolute Gasteiger partial charge is 0.252 e. The van der Waals surface area contributed by atoms with Crippen molar-refractivity contribution < 1.29 is 14.6 Å². The number of anilines is 1. The third-order valence-electron chi connectivity index (χ3n) is 7.83. The van der Waals surface area contributed by atoms with Gasteiger partial charge in [-0.1, -0.05) is 42.5 Å². The third kappa shape index (κ3) is 3.17. The molecule has 3 aliphatic carbocycles. The number of hydrogen-bond donors (Lipinski definition) is 2. The summed E-state index contributed by atoms with van der Waals surface area (Å²) in [6.45, 7) is 6.33. The van der Waals surface area contributed by atoms with Crippen molar-refractivity contribution in [2.75, 3.05) is 24.7 Å². The number of ether oxygens (including phenoxy) is 1. The van der Waals surface area contributed by atoms with Crippen LogP contribution in [0.2, 0.25) is 0 Å². The van der Waals surface area contributed by atoms with Gasteiger partial charge in [0.05, 0.1) is 18.8 Å². The lowest BCUT2D eigenvalue weighted by Gasteiger charge is -2.30. The summed E-state index contributed by atoms with van der Waals surface area (Å²) >= 11 is 0. The molecule has 2 heterocycles. The molecule has 0 spiro atoms. The van der Waals surface area contributed by atoms with E-state index in [1.807, 2.05) is 0 Å². The predicted molar refractivity (Wildman–Crippen MR) is 130 cm³/mol. The Labute approximate surface area is 195 Å². The molecule has 0 saturated heterocycles. The molecule has 1 aromatic rings. The van der Waals surface area contributed by atoms with E-state index in [2.05, 4.69) is 66.6 Å². The number of carbonyl (C=O) groups is 1. The molecule has 2 aliphatic heterocycles. The molecule has 1 amide bonds. The van der Waals surface area contributed by atoms with Crippen LogP contribution in [0.1, 0.15) is 64.7 Å². The lowest BCUT2D eigenvalue weighted by atomic mass is 9.81. The Morgan fingerprint density at radius 2 is 2.00 bits per heavy atom. The van der Waals surface area contributed by atoms with Gasteiger partial charge in [-0.25, -0.2) is 0 Å². The molecule has 0 aromatic heterocycles. The monoisotopic (exact) mass is 444 g/mol. The zero-order chi connectivity index (χ0) is 22.7. The first-order chi connectivity index (χ1) is 16.1. The van der Waals surface area contributed by atoms with Crippen molar-refractivity contribution in [1.82, 2.24) is 5.32 Å². The molecule has 33 heavy (non-hydrogen) atoms. The molecule has 172 valence electrons. The minimum absolute atomic E-state index is 0.0803. The number of nitrogens with one attached hydrogen (secondary N) is 1. The molecule has 4 unspecified atom stereocenters. The standard InChI is InChI=1S/C28H32N2O3/c1-16(2)33-15-17-8-9-23-20(12-17)25-22-14-29-28(32)26(22)24-19-7-4-3-6-18(19)13-21(24)27(25)30(23)10-5-11-31/h3-4,6-9,12,16,18-20,23,31H,5,10-11,13-15H2,1-2H3,(H,29,32). The van der Waals surface area contributed by atoms with Gasteiger partial charge in [0, 0.05) is 42.8 Å². The number of amides is 1. The fourth-order valence-electron chi connectivity index (χ4n) is 6.53. The van der Waals surface area contributed by atoms with Gasteiger partial charge < -0.3 is 20.1 Å². The first-order valence-corrected chi connectivity index (χ1v) is 12.3. The second-order valence-corrected chi connectivity index (χ2v) is 10.1. The number of allylic oxidation sites excluding steroid dienone is 4. The Hall–Kier alpha value is -2.63. The average Bonchev–Trinajstić information content (AvgIpc) is 3.47. The van der Waals surface area contributed by atoms with Crippen LogP contribution >= 0.6 is 0 Å². The zero-order valence-corrected chi connectivity index (χ0v) is 19.4. The van der Waals surface area contributed by atoms with Crippen LogP contribution in [0.5, 0.6) is 0 Å². The zero-order valence-electron chi connectivity index (χ0n) is 19.4. The molecular weight excluding hydrogens is 412 g/mol. The van der Waals surface area contributed by atoms with Crippen LogP contribution in [-0.4, -0.2) is 42.9 Å². The van der Waals surface area contributed by atoms with E-state index in [9.17, 15) is 9.90 Å². The van der Waals surface area contributed by atoms with Gasteiger partial charge in [0.2, 0.25) is 0 Å². The fourth-order valence-corrected chi connectivity index (χ4v) is 6.53. The molecule has 4 atom stereocenters. The van der Waals surface area contributed by atoms with Crippen molar-refractivity contribution >= 4 is 11.6 Å². The number of aliphatic hydroxyl groups excluding tert-OH is 1. The SMILES string of the molecule is CC(C)OCC1=CC2c3c4c(c5c(c3N(CCCO)C2C=C1)CC1C=CC=CC51)C(=O)NC4. The largest absolute Gasteiger partial charge is 0.396 e. The number of fused-ring (bicyclic) bond motifs is 10. The van der Waals surface area contributed by atoms with E-state index in [1.165, 1.54) is 33.5 Å². The topological polar surface area (TPSA) is 61.8 Å². The predicted octanol–water partition coefficient (Wildman–Crippen LogP) is 3.89. The molecule has 5 nitrogen and oxygen atoms in total. The molecule has 0 fully saturated rings. The number of carbonyl (C=O) groups excluding carboxylic acids is 1. The molecule has 1 aromatic carbocycles. The number of nitrogens with zero attached hydrogens (tertiary/aromatic N) is 1. The van der Waals surface area contributed by atoms with Crippen molar-refractivity contribution in [1.29, 1.82) is 0 Å². The van der Waals surface area contributed by atoms with Crippen LogP contribution in [0.3, 0.4) is 0 Å². The van der Waals surface area contributed by atoms with Crippen molar-refractivity contribution in [2.24, 2.45) is 5.92 Å². The lowest BCUT2D eigenvalue weighted by Crippen LogP contribution is -2.35. The molecule has 6 rings (SSSR count). The second-order valence-electron chi connectivity index (χ2n) is 10.1. The van der Waals surface area contributed by atoms with E-state index in [4.69, 9.17) is 4.74 Å². The van der Waals surface area contributed by atoms with Gasteiger partial charge in [0.25, 0.3) is 5.91 Å². The van der Waals surface area contributed by atoms with Gasteiger partial charge in [-0.3, -0.25) is 4.79 Å². The average molecular weight is 445 g/mol. The maximum atomic E-state index is 13.1. The molecule has 5 aliphatic rings. The van der Waals surface area contributed by atoms with Gasteiger partial charge in [-0.15, -0.1) is 0 Å². The highest BCUT2D eigenvalue weighted by Gasteiger charge is 2.48. The second kappa shape index (κ2) is 8.00. The summed E-state index contributed by atoms with van der Waals surface area (Å²) in [5.41, 5.74) is 8.56. The molecule has 0 bridgehead atoms. The van der Waals surface area contributed by atoms with E-state index < -0.39 is 0 Å². The summed E-state index contributed by atoms with van der Waals surface area (Å²) in [5.74, 6) is 0.973. The van der Waals surface area contributed by atoms with E-state index in [-0.39, 0.29) is 36.5 Å². The van der Waals surface area contributed by atoms with Crippen LogP contribution in [-0.2, 0) is 17.7 Å². The minimum atomic E-state index is 0.0803. The number of aliphatic hydroxyl groups is 1. The van der Waals surface area contributed by atoms with Gasteiger partial charge in [-0.2, -0.15) is 0 Å². The van der Waals surface area contributed by atoms with Crippen molar-refractivity contribution in [3.05, 3.63) is 75.9 Å². The van der Waals surface area contributed by atoms with Gasteiger partial charge in [0.15, 0.2) is 0 Å². The van der Waals surface area contributed by atoms with Crippen LogP contribution in [0.4, 0.5) is 5.69 Å². The summed E-state index contributed by atoms with van der Waals surface area (Å²) in [6.07, 6.45) is 17.6. The molecule has 2 N–H and O–H groups in total. The Bertz CT molecular complexity index is 1130. The van der Waals surface area contributed by atoms with E-state index >= 15 is 0 Å². The summed E-state index contributed by atoms with van der Waals surface area (Å²) < 4.78 is 5.91. The highest BCUT2D eigenvalue weighted by atomic mass is 16.5. The van der Waals surface area contributed by atoms with Gasteiger partial charge >= 0.3 is 0 Å². The van der Waals surface area contributed by atoms with E-state index in [0.717, 1.165) is 24.9 Å². The Kier molecular flexibility index (Phi) is 5.07. The molecule has 0 saturated carbocycles. The number of rotatable bonds is 6. The van der Waals surface area contributed by atoms with Gasteiger partial charge in [-0.05, 0) is 60.4 Å². The van der Waals surface area contributed by atoms with Crippen LogP contribution in [0.25, 0.3) is 0 Å². The molecule has 0 radical (unpaired) electrons. The third-order valence-corrected chi connectivity index (χ3v) is 7.83. The summed E-state index contributed by atoms with van der Waals surface area (Å²) in [5, 5.41) is 12.8. The lowest BCUT2D eigenvalue weighted by molar-refractivity contribution is 0.0964. The maximum absolute atomic E-state index is 13.1. The van der Waals surface area contributed by atoms with E-state index in [0.29, 0.717) is 19.1 Å². The highest BCUT2D eigenvalue weighted by molar-refractivity contribution is 6.03. The highest BCUT2D eigenvalue weighted by Crippen LogP contribution is 2.56. The van der Waals surface area contributed by atoms with Crippen molar-refractivity contribution in [3.63, 3.8) is 0 Å². The Morgan fingerprint density at radius 3 is 2.82 bits per heavy atom. The van der Waals surface area contributed by atoms with E-state index in [1.54, 1.807) is 0 Å². The normalized spacial score (nSPS) is 27.9. The number of benzene rings is 1. The summed E-state index contributed by atoms with van der Waals surface area (Å²) in [7, 11) is 0. The Morgan fingerprint density at radius 1 is 1.15 bits per heavy atom. The van der Waals surface area contributed by atoms with Gasteiger partial charge in [0.1, 0.15) is 0 Å². The quantitative estimate of drug-likeness (QED) is 0.699. The minimum Gasteiger partial charge on any atom is -0.396 e. The Balaban J connectivity index is 1.53. The molecular formula is C28H32N2O3.